The van der Waals surface area contributed by atoms with Crippen LogP contribution in [0.3, 0.4) is 0 Å². The van der Waals surface area contributed by atoms with Gasteiger partial charge in [-0.2, -0.15) is 16.8 Å². The van der Waals surface area contributed by atoms with Crippen LogP contribution in [0.25, 0.3) is 0 Å². The SMILES string of the molecule is CO[C@@H]1[C@@H](O)[C@H](O[C@@H]2[C@@H](O)[C@H](O[C@H]3[C@H](O)[C@@H](O[C@@H]4OC[C@@H](O)[C@H](O)[C@H]4O)[C@H](O[C@@H]4[C@@H](O)[C@H](OS(=O)(=O)O)CO[C@H]4O)O[C@@H]3C)O[C@H](COS(=O)(=O)O)[C@H]2O)O[C@H](CO)[C@H]1O. The quantitative estimate of drug-likeness (QED) is 0.0678. The molecule has 5 heterocycles. The van der Waals surface area contributed by atoms with Gasteiger partial charge in [0.25, 0.3) is 0 Å². The molecule has 0 bridgehead atoms. The lowest BCUT2D eigenvalue weighted by Gasteiger charge is -2.50. The highest BCUT2D eigenvalue weighted by molar-refractivity contribution is 7.81. The molecule has 5 saturated heterocycles. The van der Waals surface area contributed by atoms with Gasteiger partial charge >= 0.3 is 20.8 Å². The Morgan fingerprint density at radius 2 is 1.12 bits per heavy atom. The fourth-order valence-electron chi connectivity index (χ4n) is 7.02. The molecule has 0 spiro atoms. The molecular weight excluding hydrogens is 876 g/mol. The van der Waals surface area contributed by atoms with Crippen molar-refractivity contribution in [1.82, 2.24) is 0 Å². The van der Waals surface area contributed by atoms with Crippen molar-refractivity contribution in [3.05, 3.63) is 0 Å². The van der Waals surface area contributed by atoms with Gasteiger partial charge in [-0.3, -0.25) is 9.11 Å². The van der Waals surface area contributed by atoms with Gasteiger partial charge in [-0.25, -0.2) is 8.37 Å². The first-order chi connectivity index (χ1) is 28.0. The van der Waals surface area contributed by atoms with E-state index in [1.807, 2.05) is 0 Å². The van der Waals surface area contributed by atoms with E-state index in [0.717, 1.165) is 7.11 Å². The summed E-state index contributed by atoms with van der Waals surface area (Å²) in [6.07, 6.45) is -43.4. The second-order valence-electron chi connectivity index (χ2n) is 14.3. The molecule has 0 aromatic rings. The van der Waals surface area contributed by atoms with E-state index in [0.29, 0.717) is 0 Å². The van der Waals surface area contributed by atoms with Crippen LogP contribution < -0.4 is 0 Å². The Balaban J connectivity index is 1.43. The van der Waals surface area contributed by atoms with Crippen molar-refractivity contribution in [3.8, 4) is 0 Å². The summed E-state index contributed by atoms with van der Waals surface area (Å²) >= 11 is 0. The third-order valence-electron chi connectivity index (χ3n) is 10.2. The molecule has 13 N–H and O–H groups in total. The maximum absolute atomic E-state index is 11.8. The van der Waals surface area contributed by atoms with Crippen molar-refractivity contribution in [2.24, 2.45) is 0 Å². The Kier molecular flexibility index (Phi) is 17.0. The van der Waals surface area contributed by atoms with Crippen LogP contribution in [-0.2, 0) is 76.5 Å². The number of hydrogen-bond acceptors (Lipinski definition) is 27. The van der Waals surface area contributed by atoms with Crippen molar-refractivity contribution in [2.45, 2.75) is 148 Å². The summed E-state index contributed by atoms with van der Waals surface area (Å²) < 4.78 is 128. The van der Waals surface area contributed by atoms with Crippen LogP contribution in [0.5, 0.6) is 0 Å². The zero-order valence-electron chi connectivity index (χ0n) is 31.3. The van der Waals surface area contributed by atoms with E-state index >= 15 is 0 Å². The van der Waals surface area contributed by atoms with Crippen LogP contribution in [0.2, 0.25) is 0 Å². The molecule has 352 valence electrons. The molecule has 0 saturated carbocycles. The number of ether oxygens (including phenoxy) is 10. The van der Waals surface area contributed by atoms with Gasteiger partial charge in [0.2, 0.25) is 0 Å². The first-order valence-corrected chi connectivity index (χ1v) is 20.7. The second-order valence-corrected chi connectivity index (χ2v) is 16.4. The zero-order chi connectivity index (χ0) is 44.6. The zero-order valence-corrected chi connectivity index (χ0v) is 32.9. The summed E-state index contributed by atoms with van der Waals surface area (Å²) in [7, 11) is -9.30. The van der Waals surface area contributed by atoms with Gasteiger partial charge in [-0.15, -0.1) is 0 Å². The van der Waals surface area contributed by atoms with Gasteiger partial charge in [0, 0.05) is 7.11 Å². The molecule has 31 heteroatoms. The maximum atomic E-state index is 11.8. The minimum Gasteiger partial charge on any atom is -0.394 e. The minimum absolute atomic E-state index is 0.627. The summed E-state index contributed by atoms with van der Waals surface area (Å²) in [5.41, 5.74) is 0. The van der Waals surface area contributed by atoms with E-state index in [-0.39, 0.29) is 0 Å². The molecule has 0 aromatic heterocycles. The molecule has 0 amide bonds. The molecule has 0 unspecified atom stereocenters. The van der Waals surface area contributed by atoms with Gasteiger partial charge in [-0.1, -0.05) is 0 Å². The number of hydrogen-bond donors (Lipinski definition) is 13. The molecule has 0 aliphatic carbocycles. The summed E-state index contributed by atoms with van der Waals surface area (Å²) in [6.45, 7) is -2.20. The lowest BCUT2D eigenvalue weighted by molar-refractivity contribution is -0.399. The van der Waals surface area contributed by atoms with Gasteiger partial charge < -0.3 is 104 Å². The van der Waals surface area contributed by atoms with Gasteiger partial charge in [-0.05, 0) is 6.92 Å². The fourth-order valence-corrected chi connectivity index (χ4v) is 7.81. The Hall–Kier alpha value is -1.10. The first-order valence-electron chi connectivity index (χ1n) is 18.0. The fraction of sp³-hybridized carbons (Fsp3) is 1.00. The molecule has 23 atom stereocenters. The number of rotatable bonds is 15. The Labute approximate surface area is 340 Å². The van der Waals surface area contributed by atoms with E-state index in [2.05, 4.69) is 8.37 Å². The van der Waals surface area contributed by atoms with E-state index in [9.17, 15) is 77.6 Å². The van der Waals surface area contributed by atoms with Crippen LogP contribution in [0.4, 0.5) is 0 Å². The summed E-state index contributed by atoms with van der Waals surface area (Å²) in [5, 5.41) is 118. The van der Waals surface area contributed by atoms with Crippen molar-refractivity contribution < 1.29 is 138 Å². The second kappa shape index (κ2) is 20.4. The average molecular weight is 927 g/mol. The average Bonchev–Trinajstić information content (AvgIpc) is 3.16. The molecule has 29 nitrogen and oxygen atoms in total. The smallest absolute Gasteiger partial charge is 0.394 e. The van der Waals surface area contributed by atoms with Gasteiger partial charge in [0.05, 0.1) is 32.5 Å². The number of methoxy groups -OCH3 is 1. The van der Waals surface area contributed by atoms with Crippen LogP contribution in [0.1, 0.15) is 6.92 Å². The van der Waals surface area contributed by atoms with Crippen molar-refractivity contribution >= 4 is 20.8 Å². The predicted octanol–water partition coefficient (Wildman–Crippen LogP) is -9.31. The molecule has 5 aliphatic rings. The normalized spacial score (nSPS) is 48.5. The topological polar surface area (TPSA) is 442 Å². The summed E-state index contributed by atoms with van der Waals surface area (Å²) in [5.74, 6) is 0. The number of aliphatic hydroxyl groups is 11. The Bertz CT molecular complexity index is 1590. The van der Waals surface area contributed by atoms with Crippen LogP contribution in [0, 0.1) is 0 Å². The molecule has 5 fully saturated rings. The third-order valence-corrected chi connectivity index (χ3v) is 11.1. The Morgan fingerprint density at radius 1 is 0.550 bits per heavy atom. The lowest BCUT2D eigenvalue weighted by atomic mass is 9.96. The first kappa shape index (κ1) is 49.9. The van der Waals surface area contributed by atoms with Gasteiger partial charge in [0.15, 0.2) is 31.5 Å². The number of aliphatic hydroxyl groups excluding tert-OH is 11. The molecule has 0 radical (unpaired) electrons. The van der Waals surface area contributed by atoms with E-state index in [4.69, 9.17) is 51.9 Å². The molecule has 0 aromatic carbocycles. The Morgan fingerprint density at radius 3 is 1.72 bits per heavy atom. The van der Waals surface area contributed by atoms with E-state index in [1.165, 1.54) is 6.92 Å². The third kappa shape index (κ3) is 11.6. The molecule has 5 aliphatic heterocycles. The van der Waals surface area contributed by atoms with Crippen LogP contribution in [-0.4, -0.2) is 257 Å². The highest BCUT2D eigenvalue weighted by Crippen LogP contribution is 2.36. The monoisotopic (exact) mass is 926 g/mol. The van der Waals surface area contributed by atoms with Crippen molar-refractivity contribution in [3.63, 3.8) is 0 Å². The molecule has 60 heavy (non-hydrogen) atoms. The lowest BCUT2D eigenvalue weighted by Crippen LogP contribution is -2.67. The predicted molar refractivity (Wildman–Crippen MR) is 179 cm³/mol. The summed E-state index contributed by atoms with van der Waals surface area (Å²) in [4.78, 5) is 0. The van der Waals surface area contributed by atoms with E-state index < -0.39 is 189 Å². The van der Waals surface area contributed by atoms with E-state index in [1.54, 1.807) is 0 Å². The standard InChI is InChI=1S/C29H50O29S2/c1-7-20(54-28-19(39)22(14(34)10(53-28)6-50-59(41,42)43)55-27-18(38)21(47-2)13(33)9(3-30)52-27)17(37)24(57-26-16(36)12(32)8(31)4-49-26)29(51-7)56-23-15(35)11(5-48-25(23)40)58-60(44,45)46/h7-40H,3-6H2,1-2H3,(H,41,42,43)(H,44,45,46)/t7-,8-,9-,10-,11-,12+,13-,14-,15+,16-,17+,18-,19-,20-,21+,22+,23-,24-,25-,26+,27+,28+,29+/m1/s1. The summed E-state index contributed by atoms with van der Waals surface area (Å²) in [6, 6.07) is 0. The highest BCUT2D eigenvalue weighted by atomic mass is 32.3. The molecule has 5 rings (SSSR count). The van der Waals surface area contributed by atoms with Crippen LogP contribution in [0.15, 0.2) is 0 Å². The van der Waals surface area contributed by atoms with Crippen LogP contribution >= 0.6 is 0 Å². The molecular formula is C29H50O29S2. The van der Waals surface area contributed by atoms with Crippen molar-refractivity contribution in [2.75, 3.05) is 33.5 Å². The highest BCUT2D eigenvalue weighted by Gasteiger charge is 2.56. The largest absolute Gasteiger partial charge is 0.397 e. The minimum atomic E-state index is -5.20. The van der Waals surface area contributed by atoms with Crippen molar-refractivity contribution in [1.29, 1.82) is 0 Å². The maximum Gasteiger partial charge on any atom is 0.397 e. The van der Waals surface area contributed by atoms with Gasteiger partial charge in [0.1, 0.15) is 104 Å².